The van der Waals surface area contributed by atoms with Gasteiger partial charge in [0.25, 0.3) is 11.5 Å². The van der Waals surface area contributed by atoms with Crippen LogP contribution in [0.15, 0.2) is 47.3 Å². The van der Waals surface area contributed by atoms with Gasteiger partial charge < -0.3 is 20.5 Å². The number of aryl methyl sites for hydroxylation is 2. The summed E-state index contributed by atoms with van der Waals surface area (Å²) in [6, 6.07) is 14.4. The van der Waals surface area contributed by atoms with Crippen molar-refractivity contribution < 1.29 is 9.59 Å². The predicted molar refractivity (Wildman–Crippen MR) is 172 cm³/mol. The van der Waals surface area contributed by atoms with E-state index in [1.165, 1.54) is 5.56 Å². The van der Waals surface area contributed by atoms with E-state index in [0.717, 1.165) is 92.0 Å². The van der Waals surface area contributed by atoms with Crippen molar-refractivity contribution in [3.63, 3.8) is 0 Å². The van der Waals surface area contributed by atoms with Gasteiger partial charge in [-0.25, -0.2) is 0 Å². The Morgan fingerprint density at radius 2 is 1.67 bits per heavy atom. The molecular formula is C35H45N5O3. The summed E-state index contributed by atoms with van der Waals surface area (Å²) in [7, 11) is 0. The summed E-state index contributed by atoms with van der Waals surface area (Å²) >= 11 is 0. The average molecular weight is 584 g/mol. The third-order valence-corrected chi connectivity index (χ3v) is 9.02. The average Bonchev–Trinajstić information content (AvgIpc) is 3.54. The molecule has 0 atom stereocenters. The lowest BCUT2D eigenvalue weighted by atomic mass is 9.95. The van der Waals surface area contributed by atoms with Gasteiger partial charge in [-0.05, 0) is 86.6 Å². The van der Waals surface area contributed by atoms with Crippen LogP contribution >= 0.6 is 0 Å². The normalized spacial score (nSPS) is 15.9. The molecular weight excluding hydrogens is 538 g/mol. The van der Waals surface area contributed by atoms with Gasteiger partial charge >= 0.3 is 0 Å². The zero-order valence-electron chi connectivity index (χ0n) is 26.0. The van der Waals surface area contributed by atoms with E-state index >= 15 is 0 Å². The fourth-order valence-corrected chi connectivity index (χ4v) is 6.52. The highest BCUT2D eigenvalue weighted by molar-refractivity contribution is 6.02. The molecule has 0 bridgehead atoms. The molecule has 8 heteroatoms. The van der Waals surface area contributed by atoms with E-state index in [1.54, 1.807) is 0 Å². The predicted octanol–water partition coefficient (Wildman–Crippen LogP) is 4.85. The third-order valence-electron chi connectivity index (χ3n) is 9.02. The number of benzene rings is 2. The van der Waals surface area contributed by atoms with Crippen molar-refractivity contribution in [2.75, 3.05) is 37.6 Å². The number of rotatable bonds is 9. The molecule has 1 aliphatic carbocycles. The summed E-state index contributed by atoms with van der Waals surface area (Å²) in [5.41, 5.74) is 7.16. The number of nitrogens with one attached hydrogen (secondary N) is 3. The molecule has 2 amide bonds. The van der Waals surface area contributed by atoms with Gasteiger partial charge in [0.2, 0.25) is 5.91 Å². The lowest BCUT2D eigenvalue weighted by Crippen LogP contribution is -2.42. The highest BCUT2D eigenvalue weighted by atomic mass is 16.2. The zero-order chi connectivity index (χ0) is 30.5. The lowest BCUT2D eigenvalue weighted by molar-refractivity contribution is -0.122. The molecule has 5 rings (SSSR count). The van der Waals surface area contributed by atoms with Crippen LogP contribution in [0.3, 0.4) is 0 Å². The summed E-state index contributed by atoms with van der Waals surface area (Å²) in [6.07, 6.45) is 4.00. The Balaban J connectivity index is 1.48. The number of hydrogen-bond acceptors (Lipinski definition) is 5. The second-order valence-corrected chi connectivity index (χ2v) is 12.1. The Morgan fingerprint density at radius 1 is 0.977 bits per heavy atom. The lowest BCUT2D eigenvalue weighted by Gasteiger charge is -2.28. The van der Waals surface area contributed by atoms with Crippen molar-refractivity contribution in [2.24, 2.45) is 5.92 Å². The van der Waals surface area contributed by atoms with Gasteiger partial charge in [-0.3, -0.25) is 19.3 Å². The monoisotopic (exact) mass is 583 g/mol. The zero-order valence-corrected chi connectivity index (χ0v) is 26.0. The van der Waals surface area contributed by atoms with Crippen LogP contribution in [0.4, 0.5) is 5.69 Å². The maximum absolute atomic E-state index is 13.7. The van der Waals surface area contributed by atoms with Crippen LogP contribution < -0.4 is 21.1 Å². The largest absolute Gasteiger partial charge is 0.348 e. The number of aromatic amines is 1. The molecule has 1 aliphatic heterocycles. The quantitative estimate of drug-likeness (QED) is 0.335. The van der Waals surface area contributed by atoms with E-state index in [0.29, 0.717) is 17.7 Å². The Kier molecular flexibility index (Phi) is 9.78. The number of hydrogen-bond donors (Lipinski definition) is 3. The number of anilines is 1. The van der Waals surface area contributed by atoms with E-state index < -0.39 is 0 Å². The molecule has 0 radical (unpaired) electrons. The van der Waals surface area contributed by atoms with Crippen molar-refractivity contribution >= 4 is 17.5 Å². The summed E-state index contributed by atoms with van der Waals surface area (Å²) in [6.45, 7) is 13.3. The molecule has 228 valence electrons. The maximum atomic E-state index is 13.7. The smallest absolute Gasteiger partial charge is 0.253 e. The minimum absolute atomic E-state index is 0.0285. The highest BCUT2D eigenvalue weighted by Crippen LogP contribution is 2.34. The molecule has 2 heterocycles. The SMILES string of the molecule is CCN(C(=O)C1CCCC1)c1cc(-c2ccc(CN3CCNCC3)cc2)cc(C(=O)NCc2c(C)cc(C)[nH]c2=O)c1C. The van der Waals surface area contributed by atoms with Gasteiger partial charge in [0.1, 0.15) is 0 Å². The van der Waals surface area contributed by atoms with Gasteiger partial charge in [0, 0.05) is 74.2 Å². The number of pyridine rings is 1. The number of carbonyl (C=O) groups is 2. The Hall–Kier alpha value is -3.75. The summed E-state index contributed by atoms with van der Waals surface area (Å²) in [4.78, 5) is 47.2. The number of H-pyrrole nitrogens is 1. The summed E-state index contributed by atoms with van der Waals surface area (Å²) < 4.78 is 0. The molecule has 0 spiro atoms. The van der Waals surface area contributed by atoms with E-state index in [4.69, 9.17) is 0 Å². The fourth-order valence-electron chi connectivity index (χ4n) is 6.52. The van der Waals surface area contributed by atoms with Crippen LogP contribution in [0.1, 0.15) is 70.9 Å². The second-order valence-electron chi connectivity index (χ2n) is 12.1. The van der Waals surface area contributed by atoms with Crippen molar-refractivity contribution in [3.8, 4) is 11.1 Å². The van der Waals surface area contributed by atoms with Crippen LogP contribution in [-0.4, -0.2) is 54.4 Å². The summed E-state index contributed by atoms with van der Waals surface area (Å²) in [5, 5.41) is 6.39. The maximum Gasteiger partial charge on any atom is 0.253 e. The van der Waals surface area contributed by atoms with Crippen molar-refractivity contribution in [2.45, 2.75) is 66.5 Å². The minimum atomic E-state index is -0.264. The first-order valence-electron chi connectivity index (χ1n) is 15.7. The van der Waals surface area contributed by atoms with E-state index in [2.05, 4.69) is 50.8 Å². The van der Waals surface area contributed by atoms with Crippen LogP contribution in [0.2, 0.25) is 0 Å². The number of carbonyl (C=O) groups excluding carboxylic acids is 2. The third kappa shape index (κ3) is 7.08. The molecule has 3 N–H and O–H groups in total. The van der Waals surface area contributed by atoms with Crippen molar-refractivity contribution in [3.05, 3.63) is 86.3 Å². The molecule has 1 saturated carbocycles. The van der Waals surface area contributed by atoms with E-state index in [-0.39, 0.29) is 29.8 Å². The van der Waals surface area contributed by atoms with Crippen molar-refractivity contribution in [1.29, 1.82) is 0 Å². The van der Waals surface area contributed by atoms with E-state index in [1.807, 2.05) is 44.7 Å². The standard InChI is InChI=1S/C35H45N5O3/c1-5-40(35(43)28-8-6-7-9-28)32-20-29(27-12-10-26(11-13-27)22-39-16-14-36-15-17-39)19-30(25(32)4)33(41)37-21-31-23(2)18-24(3)38-34(31)42/h10-13,18-20,28,36H,5-9,14-17,21-22H2,1-4H3,(H,37,41)(H,38,42). The molecule has 3 aromatic rings. The van der Waals surface area contributed by atoms with Gasteiger partial charge in [0.15, 0.2) is 0 Å². The number of nitrogens with zero attached hydrogens (tertiary/aromatic N) is 2. The first-order chi connectivity index (χ1) is 20.7. The highest BCUT2D eigenvalue weighted by Gasteiger charge is 2.29. The topological polar surface area (TPSA) is 97.5 Å². The number of piperazine rings is 1. The van der Waals surface area contributed by atoms with Crippen LogP contribution in [-0.2, 0) is 17.9 Å². The molecule has 1 aromatic heterocycles. The number of aromatic nitrogens is 1. The molecule has 2 fully saturated rings. The molecule has 1 saturated heterocycles. The molecule has 8 nitrogen and oxygen atoms in total. The van der Waals surface area contributed by atoms with Gasteiger partial charge in [0.05, 0.1) is 0 Å². The van der Waals surface area contributed by atoms with Crippen LogP contribution in [0.25, 0.3) is 11.1 Å². The Bertz CT molecular complexity index is 1520. The molecule has 43 heavy (non-hydrogen) atoms. The molecule has 2 aromatic carbocycles. The Labute approximate surface area is 254 Å². The van der Waals surface area contributed by atoms with Gasteiger partial charge in [-0.1, -0.05) is 37.1 Å². The van der Waals surface area contributed by atoms with Crippen LogP contribution in [0.5, 0.6) is 0 Å². The van der Waals surface area contributed by atoms with Crippen LogP contribution in [0, 0.1) is 26.7 Å². The first kappa shape index (κ1) is 30.7. The number of amides is 2. The Morgan fingerprint density at radius 3 is 2.33 bits per heavy atom. The van der Waals surface area contributed by atoms with Gasteiger partial charge in [-0.2, -0.15) is 0 Å². The fraction of sp³-hybridized carbons (Fsp3) is 0.457. The molecule has 2 aliphatic rings. The summed E-state index contributed by atoms with van der Waals surface area (Å²) in [5.74, 6) is -0.0970. The minimum Gasteiger partial charge on any atom is -0.348 e. The van der Waals surface area contributed by atoms with E-state index in [9.17, 15) is 14.4 Å². The second kappa shape index (κ2) is 13.7. The van der Waals surface area contributed by atoms with Gasteiger partial charge in [-0.15, -0.1) is 0 Å². The van der Waals surface area contributed by atoms with Crippen molar-refractivity contribution in [1.82, 2.24) is 20.5 Å². The molecule has 0 unspecified atom stereocenters. The first-order valence-corrected chi connectivity index (χ1v) is 15.7.